The summed E-state index contributed by atoms with van der Waals surface area (Å²) >= 11 is 6.03. The Hall–Kier alpha value is -2.00. The van der Waals surface area contributed by atoms with Gasteiger partial charge in [0.05, 0.1) is 24.2 Å². The zero-order valence-electron chi connectivity index (χ0n) is 12.3. The van der Waals surface area contributed by atoms with Crippen LogP contribution < -0.4 is 4.74 Å². The third-order valence-electron chi connectivity index (χ3n) is 3.56. The minimum Gasteiger partial charge on any atom is -0.406 e. The van der Waals surface area contributed by atoms with Crippen LogP contribution in [0.4, 0.5) is 13.2 Å². The Balaban J connectivity index is 1.87. The highest BCUT2D eigenvalue weighted by molar-refractivity contribution is 6.29. The van der Waals surface area contributed by atoms with Gasteiger partial charge in [0.2, 0.25) is 11.2 Å². The first-order valence-electron chi connectivity index (χ1n) is 7.10. The highest BCUT2D eigenvalue weighted by Gasteiger charge is 2.31. The van der Waals surface area contributed by atoms with Crippen LogP contribution in [-0.4, -0.2) is 53.0 Å². The number of fused-ring (bicyclic) bond motifs is 1. The van der Waals surface area contributed by atoms with E-state index < -0.39 is 12.1 Å². The van der Waals surface area contributed by atoms with Gasteiger partial charge in [-0.2, -0.15) is 0 Å². The number of carbonyl (C=O) groups excluding carboxylic acids is 1. The van der Waals surface area contributed by atoms with Crippen molar-refractivity contribution in [3.63, 3.8) is 0 Å². The summed E-state index contributed by atoms with van der Waals surface area (Å²) in [4.78, 5) is 18.0. The number of hydrogen-bond donors (Lipinski definition) is 0. The summed E-state index contributed by atoms with van der Waals surface area (Å²) in [6.07, 6.45) is -4.80. The van der Waals surface area contributed by atoms with Crippen LogP contribution in [0.2, 0.25) is 5.28 Å². The molecule has 10 heteroatoms. The molecule has 1 aromatic heterocycles. The van der Waals surface area contributed by atoms with E-state index in [4.69, 9.17) is 16.3 Å². The molecule has 0 unspecified atom stereocenters. The van der Waals surface area contributed by atoms with Crippen molar-refractivity contribution in [2.24, 2.45) is 0 Å². The molecule has 2 aromatic rings. The molecule has 0 saturated carbocycles. The van der Waals surface area contributed by atoms with Crippen molar-refractivity contribution < 1.29 is 27.4 Å². The third kappa shape index (κ3) is 3.73. The van der Waals surface area contributed by atoms with Gasteiger partial charge in [0.25, 0.3) is 0 Å². The normalized spacial score (nSPS) is 15.8. The van der Waals surface area contributed by atoms with Gasteiger partial charge >= 0.3 is 6.36 Å². The van der Waals surface area contributed by atoms with Crippen LogP contribution in [0.1, 0.15) is 0 Å². The van der Waals surface area contributed by atoms with Crippen molar-refractivity contribution in [3.05, 3.63) is 23.5 Å². The van der Waals surface area contributed by atoms with Gasteiger partial charge in [-0.25, -0.2) is 4.98 Å². The van der Waals surface area contributed by atoms with Crippen LogP contribution in [0.5, 0.6) is 5.75 Å². The number of nitrogens with zero attached hydrogens (tertiary/aromatic N) is 3. The summed E-state index contributed by atoms with van der Waals surface area (Å²) < 4.78 is 47.5. The van der Waals surface area contributed by atoms with E-state index in [1.165, 1.54) is 10.6 Å². The second-order valence-electron chi connectivity index (χ2n) is 5.16. The third-order valence-corrected chi connectivity index (χ3v) is 3.85. The van der Waals surface area contributed by atoms with Crippen LogP contribution in [0.25, 0.3) is 11.0 Å². The average molecular weight is 364 g/mol. The number of carbonyl (C=O) groups is 1. The van der Waals surface area contributed by atoms with Gasteiger partial charge in [-0.15, -0.1) is 13.2 Å². The molecule has 1 amide bonds. The molecule has 1 fully saturated rings. The maximum Gasteiger partial charge on any atom is 0.573 e. The first kappa shape index (κ1) is 16.8. The van der Waals surface area contributed by atoms with E-state index in [2.05, 4.69) is 9.72 Å². The van der Waals surface area contributed by atoms with Gasteiger partial charge < -0.3 is 18.9 Å². The topological polar surface area (TPSA) is 56.6 Å². The second kappa shape index (κ2) is 6.48. The Morgan fingerprint density at radius 2 is 2.04 bits per heavy atom. The zero-order chi connectivity index (χ0) is 17.3. The summed E-state index contributed by atoms with van der Waals surface area (Å²) in [6, 6.07) is 3.67. The number of hydrogen-bond acceptors (Lipinski definition) is 4. The van der Waals surface area contributed by atoms with Crippen LogP contribution in [0.15, 0.2) is 18.2 Å². The molecule has 6 nitrogen and oxygen atoms in total. The molecule has 0 bridgehead atoms. The van der Waals surface area contributed by atoms with Gasteiger partial charge in [-0.05, 0) is 23.7 Å². The van der Waals surface area contributed by atoms with Crippen LogP contribution in [-0.2, 0) is 16.1 Å². The lowest BCUT2D eigenvalue weighted by atomic mass is 10.3. The minimum absolute atomic E-state index is 0.0239. The standard InChI is InChI=1S/C14H13ClF3N3O3/c15-13-19-10-2-1-9(24-14(16,17)18)7-11(10)21(13)8-12(22)20-3-5-23-6-4-20/h1-2,7H,3-6,8H2. The Kier molecular flexibility index (Phi) is 4.55. The monoisotopic (exact) mass is 363 g/mol. The lowest BCUT2D eigenvalue weighted by molar-refractivity contribution is -0.274. The van der Waals surface area contributed by atoms with Gasteiger partial charge in [0.15, 0.2) is 0 Å². The number of aromatic nitrogens is 2. The van der Waals surface area contributed by atoms with E-state index >= 15 is 0 Å². The van der Waals surface area contributed by atoms with Gasteiger partial charge in [-0.1, -0.05) is 0 Å². The maximum absolute atomic E-state index is 12.4. The molecule has 1 saturated heterocycles. The molecule has 0 atom stereocenters. The van der Waals surface area contributed by atoms with Gasteiger partial charge in [0, 0.05) is 19.2 Å². The summed E-state index contributed by atoms with van der Waals surface area (Å²) in [7, 11) is 0. The van der Waals surface area contributed by atoms with E-state index in [-0.39, 0.29) is 17.7 Å². The lowest BCUT2D eigenvalue weighted by Gasteiger charge is -2.27. The molecule has 3 rings (SSSR count). The Morgan fingerprint density at radius 3 is 2.71 bits per heavy atom. The second-order valence-corrected chi connectivity index (χ2v) is 5.50. The van der Waals surface area contributed by atoms with E-state index in [0.29, 0.717) is 37.3 Å². The summed E-state index contributed by atoms with van der Waals surface area (Å²) in [6.45, 7) is 1.71. The number of amides is 1. The molecule has 1 aliphatic heterocycles. The van der Waals surface area contributed by atoms with Crippen molar-refractivity contribution in [1.29, 1.82) is 0 Å². The molecule has 0 spiro atoms. The zero-order valence-corrected chi connectivity index (χ0v) is 13.1. The summed E-state index contributed by atoms with van der Waals surface area (Å²) in [5, 5.41) is 0.0239. The number of imidazole rings is 1. The molecule has 24 heavy (non-hydrogen) atoms. The van der Waals surface area contributed by atoms with Crippen molar-refractivity contribution in [2.45, 2.75) is 12.9 Å². The molecular weight excluding hydrogens is 351 g/mol. The number of halogens is 4. The quantitative estimate of drug-likeness (QED) is 0.840. The maximum atomic E-state index is 12.4. The van der Waals surface area contributed by atoms with Crippen molar-refractivity contribution in [1.82, 2.24) is 14.5 Å². The number of morpholine rings is 1. The van der Waals surface area contributed by atoms with Crippen LogP contribution in [0, 0.1) is 0 Å². The largest absolute Gasteiger partial charge is 0.573 e. The van der Waals surface area contributed by atoms with Crippen molar-refractivity contribution >= 4 is 28.5 Å². The molecule has 0 aliphatic carbocycles. The smallest absolute Gasteiger partial charge is 0.406 e. The average Bonchev–Trinajstić information content (AvgIpc) is 2.82. The predicted octanol–water partition coefficient (Wildman–Crippen LogP) is 2.45. The van der Waals surface area contributed by atoms with Gasteiger partial charge in [-0.3, -0.25) is 4.79 Å². The van der Waals surface area contributed by atoms with Crippen LogP contribution in [0.3, 0.4) is 0 Å². The molecule has 1 aliphatic rings. The van der Waals surface area contributed by atoms with E-state index in [1.807, 2.05) is 0 Å². The minimum atomic E-state index is -4.80. The van der Waals surface area contributed by atoms with Crippen molar-refractivity contribution in [2.75, 3.05) is 26.3 Å². The molecule has 130 valence electrons. The fraction of sp³-hybridized carbons (Fsp3) is 0.429. The number of rotatable bonds is 3. The molecular formula is C14H13ClF3N3O3. The first-order valence-corrected chi connectivity index (χ1v) is 7.48. The molecule has 0 radical (unpaired) electrons. The van der Waals surface area contributed by atoms with E-state index in [1.54, 1.807) is 4.90 Å². The highest BCUT2D eigenvalue weighted by atomic mass is 35.5. The fourth-order valence-electron chi connectivity index (χ4n) is 2.47. The highest BCUT2D eigenvalue weighted by Crippen LogP contribution is 2.28. The van der Waals surface area contributed by atoms with Gasteiger partial charge in [0.1, 0.15) is 12.3 Å². The first-order chi connectivity index (χ1) is 11.3. The molecule has 1 aromatic carbocycles. The fourth-order valence-corrected chi connectivity index (χ4v) is 2.71. The SMILES string of the molecule is O=C(Cn1c(Cl)nc2ccc(OC(F)(F)F)cc21)N1CCOCC1. The number of benzene rings is 1. The Bertz CT molecular complexity index is 757. The van der Waals surface area contributed by atoms with E-state index in [9.17, 15) is 18.0 Å². The summed E-state index contributed by atoms with van der Waals surface area (Å²) in [5.74, 6) is -0.603. The molecule has 0 N–H and O–H groups in total. The Labute approximate surface area is 139 Å². The number of ether oxygens (including phenoxy) is 2. The summed E-state index contributed by atoms with van der Waals surface area (Å²) in [5.41, 5.74) is 0.674. The predicted molar refractivity (Wildman–Crippen MR) is 78.8 cm³/mol. The molecule has 2 heterocycles. The Morgan fingerprint density at radius 1 is 1.33 bits per heavy atom. The van der Waals surface area contributed by atoms with Crippen molar-refractivity contribution in [3.8, 4) is 5.75 Å². The van der Waals surface area contributed by atoms with E-state index in [0.717, 1.165) is 12.1 Å². The lowest BCUT2D eigenvalue weighted by Crippen LogP contribution is -2.42. The van der Waals surface area contributed by atoms with Crippen LogP contribution >= 0.6 is 11.6 Å². The number of alkyl halides is 3.